The van der Waals surface area contributed by atoms with Gasteiger partial charge in [0.2, 0.25) is 0 Å². The standard InChI is InChI=1S/C18H31N.ClH/c1-4-7-8-14-18(19)17-13-9-12-15(10-5-2)16(17)11-6-3;/h9,12-13,18H,4-8,10-11,14,19H2,1-3H3;1H. The van der Waals surface area contributed by atoms with Crippen LogP contribution in [-0.4, -0.2) is 0 Å². The Hall–Kier alpha value is -0.530. The first-order chi connectivity index (χ1) is 9.24. The topological polar surface area (TPSA) is 26.0 Å². The van der Waals surface area contributed by atoms with E-state index in [1.54, 1.807) is 0 Å². The average molecular weight is 298 g/mol. The molecule has 1 aromatic rings. The van der Waals surface area contributed by atoms with Crippen LogP contribution in [0.1, 0.15) is 82.0 Å². The molecule has 0 aliphatic rings. The minimum absolute atomic E-state index is 0. The third-order valence-electron chi connectivity index (χ3n) is 3.85. The summed E-state index contributed by atoms with van der Waals surface area (Å²) in [5.41, 5.74) is 10.9. The number of rotatable bonds is 9. The molecule has 1 atom stereocenters. The van der Waals surface area contributed by atoms with Crippen molar-refractivity contribution >= 4 is 12.4 Å². The lowest BCUT2D eigenvalue weighted by molar-refractivity contribution is 0.576. The predicted octanol–water partition coefficient (Wildman–Crippen LogP) is 5.59. The average Bonchev–Trinajstić information content (AvgIpc) is 2.41. The van der Waals surface area contributed by atoms with E-state index in [1.807, 2.05) is 0 Å². The third-order valence-corrected chi connectivity index (χ3v) is 3.85. The van der Waals surface area contributed by atoms with Crippen LogP contribution in [0.15, 0.2) is 18.2 Å². The number of unbranched alkanes of at least 4 members (excludes halogenated alkanes) is 2. The summed E-state index contributed by atoms with van der Waals surface area (Å²) in [5.74, 6) is 0. The molecule has 1 unspecified atom stereocenters. The van der Waals surface area contributed by atoms with Crippen LogP contribution < -0.4 is 5.73 Å². The molecule has 2 N–H and O–H groups in total. The Morgan fingerprint density at radius 2 is 1.65 bits per heavy atom. The van der Waals surface area contributed by atoms with Gasteiger partial charge in [-0.25, -0.2) is 0 Å². The van der Waals surface area contributed by atoms with Crippen LogP contribution in [0, 0.1) is 0 Å². The van der Waals surface area contributed by atoms with Crippen molar-refractivity contribution < 1.29 is 0 Å². The van der Waals surface area contributed by atoms with Gasteiger partial charge in [-0.3, -0.25) is 0 Å². The summed E-state index contributed by atoms with van der Waals surface area (Å²) in [6.45, 7) is 6.76. The fourth-order valence-electron chi connectivity index (χ4n) is 2.83. The van der Waals surface area contributed by atoms with E-state index in [0.29, 0.717) is 0 Å². The van der Waals surface area contributed by atoms with Gasteiger partial charge in [-0.05, 0) is 36.0 Å². The number of nitrogens with two attached hydrogens (primary N) is 1. The van der Waals surface area contributed by atoms with Gasteiger partial charge >= 0.3 is 0 Å². The quantitative estimate of drug-likeness (QED) is 0.590. The highest BCUT2D eigenvalue weighted by molar-refractivity contribution is 5.85. The summed E-state index contributed by atoms with van der Waals surface area (Å²) < 4.78 is 0. The van der Waals surface area contributed by atoms with E-state index in [4.69, 9.17) is 5.73 Å². The molecule has 20 heavy (non-hydrogen) atoms. The van der Waals surface area contributed by atoms with Crippen LogP contribution in [0.4, 0.5) is 0 Å². The zero-order chi connectivity index (χ0) is 14.1. The third kappa shape index (κ3) is 5.85. The summed E-state index contributed by atoms with van der Waals surface area (Å²) in [6, 6.07) is 6.96. The normalized spacial score (nSPS) is 12.0. The fourth-order valence-corrected chi connectivity index (χ4v) is 2.83. The van der Waals surface area contributed by atoms with Crippen LogP contribution in [0.3, 0.4) is 0 Å². The second-order valence-corrected chi connectivity index (χ2v) is 5.59. The smallest absolute Gasteiger partial charge is 0.0297 e. The van der Waals surface area contributed by atoms with Crippen molar-refractivity contribution in [1.82, 2.24) is 0 Å². The summed E-state index contributed by atoms with van der Waals surface area (Å²) in [5, 5.41) is 0. The molecule has 116 valence electrons. The highest BCUT2D eigenvalue weighted by atomic mass is 35.5. The summed E-state index contributed by atoms with van der Waals surface area (Å²) in [6.07, 6.45) is 9.72. The van der Waals surface area contributed by atoms with Gasteiger partial charge in [-0.15, -0.1) is 12.4 Å². The van der Waals surface area contributed by atoms with Gasteiger partial charge < -0.3 is 5.73 Å². The summed E-state index contributed by atoms with van der Waals surface area (Å²) in [7, 11) is 0. The molecule has 0 aromatic heterocycles. The summed E-state index contributed by atoms with van der Waals surface area (Å²) in [4.78, 5) is 0. The van der Waals surface area contributed by atoms with E-state index in [9.17, 15) is 0 Å². The molecule has 0 amide bonds. The van der Waals surface area contributed by atoms with Crippen LogP contribution in [0.2, 0.25) is 0 Å². The van der Waals surface area contributed by atoms with Gasteiger partial charge in [0.05, 0.1) is 0 Å². The molecule has 1 rings (SSSR count). The zero-order valence-corrected chi connectivity index (χ0v) is 14.3. The van der Waals surface area contributed by atoms with Gasteiger partial charge in [0.25, 0.3) is 0 Å². The largest absolute Gasteiger partial charge is 0.324 e. The molecule has 0 radical (unpaired) electrons. The van der Waals surface area contributed by atoms with Gasteiger partial charge in [0.15, 0.2) is 0 Å². The Kier molecular flexibility index (Phi) is 10.9. The Morgan fingerprint density at radius 3 is 2.25 bits per heavy atom. The maximum Gasteiger partial charge on any atom is 0.0297 e. The minimum Gasteiger partial charge on any atom is -0.324 e. The Bertz CT molecular complexity index is 362. The number of hydrogen-bond donors (Lipinski definition) is 1. The number of aryl methyl sites for hydroxylation is 1. The van der Waals surface area contributed by atoms with E-state index < -0.39 is 0 Å². The van der Waals surface area contributed by atoms with Crippen molar-refractivity contribution in [3.8, 4) is 0 Å². The van der Waals surface area contributed by atoms with Crippen LogP contribution in [-0.2, 0) is 12.8 Å². The van der Waals surface area contributed by atoms with Gasteiger partial charge in [-0.1, -0.05) is 71.1 Å². The first-order valence-corrected chi connectivity index (χ1v) is 8.10. The molecular formula is C18H32ClN. The molecule has 0 fully saturated rings. The molecule has 2 heteroatoms. The van der Waals surface area contributed by atoms with Crippen molar-refractivity contribution in [2.24, 2.45) is 5.73 Å². The predicted molar refractivity (Wildman–Crippen MR) is 92.8 cm³/mol. The Morgan fingerprint density at radius 1 is 0.950 bits per heavy atom. The number of halogens is 1. The van der Waals surface area contributed by atoms with Crippen LogP contribution in [0.5, 0.6) is 0 Å². The second-order valence-electron chi connectivity index (χ2n) is 5.59. The highest BCUT2D eigenvalue weighted by Crippen LogP contribution is 2.26. The molecule has 0 saturated heterocycles. The molecule has 0 spiro atoms. The molecule has 0 saturated carbocycles. The van der Waals surface area contributed by atoms with E-state index in [1.165, 1.54) is 61.6 Å². The van der Waals surface area contributed by atoms with Crippen LogP contribution in [0.25, 0.3) is 0 Å². The molecule has 0 aliphatic carbocycles. The monoisotopic (exact) mass is 297 g/mol. The minimum atomic E-state index is 0. The molecule has 0 aliphatic heterocycles. The Labute approximate surface area is 131 Å². The molecular weight excluding hydrogens is 266 g/mol. The lowest BCUT2D eigenvalue weighted by Crippen LogP contribution is -2.14. The summed E-state index contributed by atoms with van der Waals surface area (Å²) >= 11 is 0. The first-order valence-electron chi connectivity index (χ1n) is 8.10. The SMILES string of the molecule is CCCCCC(N)c1cccc(CCC)c1CCC.Cl. The second kappa shape index (κ2) is 11.2. The van der Waals surface area contributed by atoms with Gasteiger partial charge in [0.1, 0.15) is 0 Å². The van der Waals surface area contributed by atoms with Crippen LogP contribution >= 0.6 is 12.4 Å². The lowest BCUT2D eigenvalue weighted by Gasteiger charge is -2.19. The van der Waals surface area contributed by atoms with Crippen molar-refractivity contribution in [2.75, 3.05) is 0 Å². The van der Waals surface area contributed by atoms with E-state index >= 15 is 0 Å². The fraction of sp³-hybridized carbons (Fsp3) is 0.667. The van der Waals surface area contributed by atoms with Crippen molar-refractivity contribution in [3.63, 3.8) is 0 Å². The number of hydrogen-bond acceptors (Lipinski definition) is 1. The van der Waals surface area contributed by atoms with Crippen molar-refractivity contribution in [2.45, 2.75) is 78.2 Å². The lowest BCUT2D eigenvalue weighted by atomic mass is 9.89. The van der Waals surface area contributed by atoms with Gasteiger partial charge in [0, 0.05) is 6.04 Å². The molecule has 1 aromatic carbocycles. The maximum absolute atomic E-state index is 6.43. The first kappa shape index (κ1) is 19.5. The van der Waals surface area contributed by atoms with Crippen molar-refractivity contribution in [1.29, 1.82) is 0 Å². The molecule has 0 bridgehead atoms. The molecule has 0 heterocycles. The number of benzene rings is 1. The van der Waals surface area contributed by atoms with E-state index in [0.717, 1.165) is 6.42 Å². The van der Waals surface area contributed by atoms with E-state index in [2.05, 4.69) is 39.0 Å². The van der Waals surface area contributed by atoms with E-state index in [-0.39, 0.29) is 18.4 Å². The highest BCUT2D eigenvalue weighted by Gasteiger charge is 2.13. The van der Waals surface area contributed by atoms with Crippen molar-refractivity contribution in [3.05, 3.63) is 34.9 Å². The maximum atomic E-state index is 6.43. The van der Waals surface area contributed by atoms with Gasteiger partial charge in [-0.2, -0.15) is 0 Å². The zero-order valence-electron chi connectivity index (χ0n) is 13.5. The Balaban J connectivity index is 0.00000361. The molecule has 1 nitrogen and oxygen atoms in total.